The Balaban J connectivity index is 1.26. The maximum absolute atomic E-state index is 13.4. The molecule has 3 saturated carbocycles. The van der Waals surface area contributed by atoms with E-state index in [9.17, 15) is 19.1 Å². The van der Waals surface area contributed by atoms with Crippen LogP contribution in [-0.2, 0) is 9.59 Å². The first kappa shape index (κ1) is 21.9. The molecule has 3 N–H and O–H groups in total. The first-order valence-electron chi connectivity index (χ1n) is 9.87. The number of fused-ring (bicyclic) bond motifs is 1. The van der Waals surface area contributed by atoms with Crippen LogP contribution in [0.4, 0.5) is 4.39 Å². The SMILES string of the molecule is O=C(COc1ccc(Cl)c(F)c1)NC1CC2(NC(=O)[C@H](O)c3ccc(Cl)cc3)CC1C2. The highest BCUT2D eigenvalue weighted by Gasteiger charge is 2.57. The molecule has 2 bridgehead atoms. The van der Waals surface area contributed by atoms with Crippen LogP contribution in [-0.4, -0.2) is 35.1 Å². The van der Waals surface area contributed by atoms with Gasteiger partial charge in [0.05, 0.1) is 5.02 Å². The number of carbonyl (C=O) groups is 2. The Bertz CT molecular complexity index is 996. The Morgan fingerprint density at radius 2 is 1.87 bits per heavy atom. The smallest absolute Gasteiger partial charge is 0.258 e. The van der Waals surface area contributed by atoms with Gasteiger partial charge in [-0.3, -0.25) is 9.59 Å². The number of hydrogen-bond donors (Lipinski definition) is 3. The summed E-state index contributed by atoms with van der Waals surface area (Å²) >= 11 is 11.5. The number of nitrogens with one attached hydrogen (secondary N) is 2. The number of aliphatic hydroxyl groups excluding tert-OH is 1. The van der Waals surface area contributed by atoms with E-state index in [-0.39, 0.29) is 35.2 Å². The highest BCUT2D eigenvalue weighted by atomic mass is 35.5. The molecule has 5 rings (SSSR count). The molecule has 1 unspecified atom stereocenters. The minimum Gasteiger partial charge on any atom is -0.484 e. The fraction of sp³-hybridized carbons (Fsp3) is 0.364. The second kappa shape index (κ2) is 8.65. The molecule has 0 heterocycles. The van der Waals surface area contributed by atoms with E-state index in [1.165, 1.54) is 12.1 Å². The van der Waals surface area contributed by atoms with Crippen molar-refractivity contribution in [3.8, 4) is 5.75 Å². The number of aliphatic hydroxyl groups is 1. The first-order chi connectivity index (χ1) is 14.7. The largest absolute Gasteiger partial charge is 0.484 e. The number of carbonyl (C=O) groups excluding carboxylic acids is 2. The summed E-state index contributed by atoms with van der Waals surface area (Å²) in [7, 11) is 0. The zero-order valence-electron chi connectivity index (χ0n) is 16.4. The Hall–Kier alpha value is -2.35. The molecule has 0 radical (unpaired) electrons. The van der Waals surface area contributed by atoms with E-state index in [2.05, 4.69) is 10.6 Å². The van der Waals surface area contributed by atoms with E-state index in [4.69, 9.17) is 27.9 Å². The molecule has 0 aliphatic heterocycles. The van der Waals surface area contributed by atoms with Crippen LogP contribution in [0.3, 0.4) is 0 Å². The van der Waals surface area contributed by atoms with Crippen LogP contribution < -0.4 is 15.4 Å². The Morgan fingerprint density at radius 3 is 2.55 bits per heavy atom. The van der Waals surface area contributed by atoms with Crippen molar-refractivity contribution >= 4 is 35.0 Å². The Kier molecular flexibility index (Phi) is 6.10. The van der Waals surface area contributed by atoms with E-state index in [0.29, 0.717) is 17.0 Å². The summed E-state index contributed by atoms with van der Waals surface area (Å²) in [4.78, 5) is 24.8. The van der Waals surface area contributed by atoms with Gasteiger partial charge in [0.25, 0.3) is 11.8 Å². The lowest BCUT2D eigenvalue weighted by Crippen LogP contribution is -2.53. The van der Waals surface area contributed by atoms with Crippen molar-refractivity contribution in [1.29, 1.82) is 0 Å². The molecule has 3 fully saturated rings. The summed E-state index contributed by atoms with van der Waals surface area (Å²) in [5.74, 6) is -0.941. The van der Waals surface area contributed by atoms with E-state index in [1.54, 1.807) is 24.3 Å². The van der Waals surface area contributed by atoms with Gasteiger partial charge in [0.1, 0.15) is 11.6 Å². The number of amides is 2. The molecule has 2 aromatic carbocycles. The first-order valence-corrected chi connectivity index (χ1v) is 10.6. The van der Waals surface area contributed by atoms with Crippen LogP contribution in [0.25, 0.3) is 0 Å². The monoisotopic (exact) mass is 466 g/mol. The molecule has 31 heavy (non-hydrogen) atoms. The van der Waals surface area contributed by atoms with E-state index in [1.807, 2.05) is 0 Å². The van der Waals surface area contributed by atoms with Crippen LogP contribution in [0.2, 0.25) is 10.0 Å². The zero-order valence-corrected chi connectivity index (χ0v) is 17.9. The fourth-order valence-electron chi connectivity index (χ4n) is 4.39. The van der Waals surface area contributed by atoms with Gasteiger partial charge in [0.2, 0.25) is 0 Å². The molecule has 3 aliphatic rings. The highest BCUT2D eigenvalue weighted by Crippen LogP contribution is 2.52. The van der Waals surface area contributed by atoms with Crippen molar-refractivity contribution in [3.05, 3.63) is 63.9 Å². The number of rotatable bonds is 7. The number of hydrogen-bond acceptors (Lipinski definition) is 4. The Labute approximate surface area is 188 Å². The molecular formula is C22H21Cl2FN2O4. The van der Waals surface area contributed by atoms with E-state index < -0.39 is 23.4 Å². The van der Waals surface area contributed by atoms with Crippen LogP contribution in [0.15, 0.2) is 42.5 Å². The van der Waals surface area contributed by atoms with E-state index in [0.717, 1.165) is 18.9 Å². The summed E-state index contributed by atoms with van der Waals surface area (Å²) in [6.07, 6.45) is 0.769. The maximum atomic E-state index is 13.4. The molecule has 0 saturated heterocycles. The second-order valence-electron chi connectivity index (χ2n) is 8.13. The Morgan fingerprint density at radius 1 is 1.16 bits per heavy atom. The lowest BCUT2D eigenvalue weighted by Gasteiger charge is -2.39. The maximum Gasteiger partial charge on any atom is 0.258 e. The minimum absolute atomic E-state index is 0.0175. The average molecular weight is 467 g/mol. The third-order valence-electron chi connectivity index (χ3n) is 5.92. The number of benzene rings is 2. The number of ether oxygens (including phenoxy) is 1. The zero-order chi connectivity index (χ0) is 22.2. The van der Waals surface area contributed by atoms with Gasteiger partial charge >= 0.3 is 0 Å². The summed E-state index contributed by atoms with van der Waals surface area (Å²) in [5, 5.41) is 16.7. The molecule has 2 amide bonds. The van der Waals surface area contributed by atoms with E-state index >= 15 is 0 Å². The molecular weight excluding hydrogens is 446 g/mol. The molecule has 2 atom stereocenters. The van der Waals surface area contributed by atoms with Gasteiger partial charge in [-0.2, -0.15) is 0 Å². The topological polar surface area (TPSA) is 87.7 Å². The van der Waals surface area contributed by atoms with Crippen LogP contribution in [0, 0.1) is 11.7 Å². The molecule has 0 aromatic heterocycles. The molecule has 9 heteroatoms. The van der Waals surface area contributed by atoms with Crippen molar-refractivity contribution in [2.45, 2.75) is 36.9 Å². The lowest BCUT2D eigenvalue weighted by molar-refractivity contribution is -0.132. The summed E-state index contributed by atoms with van der Waals surface area (Å²) in [6, 6.07) is 10.3. The molecule has 6 nitrogen and oxygen atoms in total. The summed E-state index contributed by atoms with van der Waals surface area (Å²) < 4.78 is 18.8. The highest BCUT2D eigenvalue weighted by molar-refractivity contribution is 6.30. The third kappa shape index (κ3) is 4.79. The van der Waals surface area contributed by atoms with Crippen molar-refractivity contribution in [2.24, 2.45) is 5.92 Å². The van der Waals surface area contributed by atoms with Crippen molar-refractivity contribution in [3.63, 3.8) is 0 Å². The standard InChI is InChI=1S/C22H21Cl2FN2O4/c23-14-3-1-12(2-4-14)20(29)21(30)27-22-8-13(9-22)18(10-22)26-19(28)11-31-15-5-6-16(24)17(25)7-15/h1-7,13,18,20,29H,8-11H2,(H,26,28)(H,27,30)/t13?,18?,20-,22?/m1/s1. The quantitative estimate of drug-likeness (QED) is 0.583. The van der Waals surface area contributed by atoms with Crippen LogP contribution in [0.5, 0.6) is 5.75 Å². The summed E-state index contributed by atoms with van der Waals surface area (Å²) in [5.41, 5.74) is 0.0422. The molecule has 164 valence electrons. The van der Waals surface area contributed by atoms with Crippen molar-refractivity contribution in [1.82, 2.24) is 10.6 Å². The van der Waals surface area contributed by atoms with Gasteiger partial charge in [-0.1, -0.05) is 35.3 Å². The van der Waals surface area contributed by atoms with Gasteiger partial charge in [-0.05, 0) is 55.0 Å². The molecule has 0 spiro atoms. The van der Waals surface area contributed by atoms with Crippen molar-refractivity contribution < 1.29 is 23.8 Å². The van der Waals surface area contributed by atoms with Crippen LogP contribution in [0.1, 0.15) is 30.9 Å². The molecule has 2 aromatic rings. The fourth-order valence-corrected chi connectivity index (χ4v) is 4.64. The van der Waals surface area contributed by atoms with Crippen molar-refractivity contribution in [2.75, 3.05) is 6.61 Å². The van der Waals surface area contributed by atoms with Gasteiger partial charge < -0.3 is 20.5 Å². The van der Waals surface area contributed by atoms with Gasteiger partial charge in [-0.15, -0.1) is 0 Å². The minimum atomic E-state index is -1.28. The van der Waals surface area contributed by atoms with Gasteiger partial charge in [0, 0.05) is 22.7 Å². The average Bonchev–Trinajstić information content (AvgIpc) is 3.22. The van der Waals surface area contributed by atoms with Gasteiger partial charge in [0.15, 0.2) is 12.7 Å². The predicted molar refractivity (Wildman–Crippen MR) is 113 cm³/mol. The van der Waals surface area contributed by atoms with Gasteiger partial charge in [-0.25, -0.2) is 4.39 Å². The third-order valence-corrected chi connectivity index (χ3v) is 6.47. The summed E-state index contributed by atoms with van der Waals surface area (Å²) in [6.45, 7) is -0.251. The predicted octanol–water partition coefficient (Wildman–Crippen LogP) is 3.40. The second-order valence-corrected chi connectivity index (χ2v) is 8.98. The molecule has 3 aliphatic carbocycles. The lowest BCUT2D eigenvalue weighted by atomic mass is 9.76. The van der Waals surface area contributed by atoms with Crippen LogP contribution >= 0.6 is 23.2 Å². The number of halogens is 3. The normalized spacial score (nSPS) is 24.8.